The summed E-state index contributed by atoms with van der Waals surface area (Å²) in [4.78, 5) is 5.00. The summed E-state index contributed by atoms with van der Waals surface area (Å²) in [6.07, 6.45) is 6.77. The highest BCUT2D eigenvalue weighted by Crippen LogP contribution is 2.17. The Morgan fingerprint density at radius 2 is 1.94 bits per heavy atom. The molecule has 0 bridgehead atoms. The summed E-state index contributed by atoms with van der Waals surface area (Å²) >= 11 is 0. The molecule has 3 nitrogen and oxygen atoms in total. The van der Waals surface area contributed by atoms with E-state index < -0.39 is 0 Å². The van der Waals surface area contributed by atoms with Gasteiger partial charge in [-0.3, -0.25) is 0 Å². The maximum absolute atomic E-state index is 3.30. The predicted molar refractivity (Wildman–Crippen MR) is 80.1 cm³/mol. The monoisotopic (exact) mass is 255 g/mol. The van der Waals surface area contributed by atoms with Crippen LogP contribution in [0.3, 0.4) is 0 Å². The number of nitrogens with one attached hydrogen (secondary N) is 1. The van der Waals surface area contributed by atoms with E-state index in [1.54, 1.807) is 0 Å². The van der Waals surface area contributed by atoms with E-state index >= 15 is 0 Å². The number of nitrogens with zero attached hydrogens (tertiary/aromatic N) is 2. The molecule has 1 heterocycles. The number of hydrogen-bond acceptors (Lipinski definition) is 3. The van der Waals surface area contributed by atoms with Crippen molar-refractivity contribution in [3.05, 3.63) is 0 Å². The lowest BCUT2D eigenvalue weighted by Gasteiger charge is -2.31. The van der Waals surface area contributed by atoms with Gasteiger partial charge in [-0.05, 0) is 79.3 Å². The number of unbranched alkanes of at least 4 members (excludes halogenated alkanes) is 1. The van der Waals surface area contributed by atoms with Crippen LogP contribution in [0.2, 0.25) is 0 Å². The van der Waals surface area contributed by atoms with E-state index in [4.69, 9.17) is 0 Å². The lowest BCUT2D eigenvalue weighted by Crippen LogP contribution is -2.36. The normalized spacial score (nSPS) is 20.5. The average molecular weight is 255 g/mol. The summed E-state index contributed by atoms with van der Waals surface area (Å²) in [5.41, 5.74) is 0. The Morgan fingerprint density at radius 3 is 2.56 bits per heavy atom. The minimum atomic E-state index is 0.671. The smallest absolute Gasteiger partial charge is 0.00357 e. The van der Waals surface area contributed by atoms with E-state index in [0.29, 0.717) is 6.04 Å². The van der Waals surface area contributed by atoms with Crippen LogP contribution in [-0.2, 0) is 0 Å². The van der Waals surface area contributed by atoms with Crippen molar-refractivity contribution in [2.24, 2.45) is 5.92 Å². The van der Waals surface area contributed by atoms with Gasteiger partial charge < -0.3 is 15.1 Å². The molecule has 0 radical (unpaired) electrons. The first-order chi connectivity index (χ1) is 8.61. The van der Waals surface area contributed by atoms with Gasteiger partial charge in [-0.2, -0.15) is 0 Å². The van der Waals surface area contributed by atoms with E-state index in [1.807, 2.05) is 0 Å². The first kappa shape index (κ1) is 15.9. The molecule has 1 N–H and O–H groups in total. The van der Waals surface area contributed by atoms with Crippen molar-refractivity contribution in [1.82, 2.24) is 15.1 Å². The van der Waals surface area contributed by atoms with E-state index in [9.17, 15) is 0 Å². The summed E-state index contributed by atoms with van der Waals surface area (Å²) in [5.74, 6) is 0.933. The van der Waals surface area contributed by atoms with Crippen LogP contribution in [0.15, 0.2) is 0 Å². The van der Waals surface area contributed by atoms with Crippen molar-refractivity contribution < 1.29 is 0 Å². The highest BCUT2D eigenvalue weighted by Gasteiger charge is 2.17. The maximum atomic E-state index is 3.30. The van der Waals surface area contributed by atoms with E-state index in [1.165, 1.54) is 58.3 Å². The van der Waals surface area contributed by atoms with Crippen LogP contribution in [0.25, 0.3) is 0 Å². The maximum Gasteiger partial charge on any atom is 0.00357 e. The first-order valence-electron chi connectivity index (χ1n) is 7.66. The number of rotatable bonds is 8. The van der Waals surface area contributed by atoms with Crippen LogP contribution >= 0.6 is 0 Å². The minimum Gasteiger partial charge on any atom is -0.317 e. The molecule has 1 unspecified atom stereocenters. The molecule has 1 rings (SSSR count). The minimum absolute atomic E-state index is 0.671. The summed E-state index contributed by atoms with van der Waals surface area (Å²) in [6, 6.07) is 0.671. The zero-order valence-electron chi connectivity index (χ0n) is 12.9. The predicted octanol–water partition coefficient (Wildman–Crippen LogP) is 2.04. The number of hydrogen-bond donors (Lipinski definition) is 1. The van der Waals surface area contributed by atoms with Gasteiger partial charge in [-0.25, -0.2) is 0 Å². The topological polar surface area (TPSA) is 18.5 Å². The summed E-state index contributed by atoms with van der Waals surface area (Å²) < 4.78 is 0. The summed E-state index contributed by atoms with van der Waals surface area (Å²) in [5, 5.41) is 3.30. The van der Waals surface area contributed by atoms with Crippen molar-refractivity contribution in [2.75, 3.05) is 47.3 Å². The molecule has 1 saturated heterocycles. The number of likely N-dealkylation sites (tertiary alicyclic amines) is 1. The van der Waals surface area contributed by atoms with Gasteiger partial charge in [0.25, 0.3) is 0 Å². The molecule has 1 atom stereocenters. The van der Waals surface area contributed by atoms with Gasteiger partial charge in [0.1, 0.15) is 0 Å². The third-order valence-electron chi connectivity index (χ3n) is 4.33. The van der Waals surface area contributed by atoms with E-state index in [0.717, 1.165) is 5.92 Å². The van der Waals surface area contributed by atoms with Crippen molar-refractivity contribution in [1.29, 1.82) is 0 Å². The van der Waals surface area contributed by atoms with Gasteiger partial charge in [0, 0.05) is 12.6 Å². The molecule has 108 valence electrons. The third kappa shape index (κ3) is 6.72. The van der Waals surface area contributed by atoms with Crippen molar-refractivity contribution in [3.8, 4) is 0 Å². The SMILES string of the molecule is CNC(C)CCCCN(C)CC1CCN(C)CC1. The van der Waals surface area contributed by atoms with Gasteiger partial charge in [0.05, 0.1) is 0 Å². The first-order valence-corrected chi connectivity index (χ1v) is 7.66. The zero-order valence-corrected chi connectivity index (χ0v) is 12.9. The van der Waals surface area contributed by atoms with Crippen LogP contribution in [0.5, 0.6) is 0 Å². The molecular weight excluding hydrogens is 222 g/mol. The van der Waals surface area contributed by atoms with Gasteiger partial charge >= 0.3 is 0 Å². The molecule has 1 fully saturated rings. The lowest BCUT2D eigenvalue weighted by atomic mass is 9.96. The quantitative estimate of drug-likeness (QED) is 0.670. The molecule has 0 spiro atoms. The third-order valence-corrected chi connectivity index (χ3v) is 4.33. The Kier molecular flexibility index (Phi) is 7.87. The van der Waals surface area contributed by atoms with Gasteiger partial charge in [-0.15, -0.1) is 0 Å². The standard InChI is InChI=1S/C15H33N3/c1-14(16-2)7-5-6-10-18(4)13-15-8-11-17(3)12-9-15/h14-16H,5-13H2,1-4H3. The molecule has 1 aliphatic rings. The fourth-order valence-electron chi connectivity index (χ4n) is 2.75. The van der Waals surface area contributed by atoms with Crippen molar-refractivity contribution in [3.63, 3.8) is 0 Å². The Bertz CT molecular complexity index is 200. The second kappa shape index (κ2) is 8.89. The second-order valence-electron chi connectivity index (χ2n) is 6.19. The Morgan fingerprint density at radius 1 is 1.28 bits per heavy atom. The Hall–Kier alpha value is -0.120. The molecule has 18 heavy (non-hydrogen) atoms. The van der Waals surface area contributed by atoms with E-state index in [-0.39, 0.29) is 0 Å². The van der Waals surface area contributed by atoms with Crippen molar-refractivity contribution >= 4 is 0 Å². The average Bonchev–Trinajstić information content (AvgIpc) is 2.37. The molecule has 1 aliphatic heterocycles. The molecule has 0 amide bonds. The second-order valence-corrected chi connectivity index (χ2v) is 6.19. The number of piperidine rings is 1. The molecule has 0 aromatic heterocycles. The van der Waals surface area contributed by atoms with Crippen LogP contribution in [0.1, 0.15) is 39.0 Å². The molecule has 0 aliphatic carbocycles. The molecular formula is C15H33N3. The van der Waals surface area contributed by atoms with Crippen molar-refractivity contribution in [2.45, 2.75) is 45.1 Å². The highest BCUT2D eigenvalue weighted by atomic mass is 15.1. The molecule has 0 aromatic rings. The fraction of sp³-hybridized carbons (Fsp3) is 1.00. The summed E-state index contributed by atoms with van der Waals surface area (Å²) in [7, 11) is 6.58. The molecule has 3 heteroatoms. The molecule has 0 aromatic carbocycles. The Balaban J connectivity index is 2.01. The van der Waals surface area contributed by atoms with Crippen LogP contribution in [0, 0.1) is 5.92 Å². The fourth-order valence-corrected chi connectivity index (χ4v) is 2.75. The Labute approximate surface area is 114 Å². The van der Waals surface area contributed by atoms with Gasteiger partial charge in [-0.1, -0.05) is 6.42 Å². The highest BCUT2D eigenvalue weighted by molar-refractivity contribution is 4.72. The summed E-state index contributed by atoms with van der Waals surface area (Å²) in [6.45, 7) is 7.41. The lowest BCUT2D eigenvalue weighted by molar-refractivity contribution is 0.175. The largest absolute Gasteiger partial charge is 0.317 e. The van der Waals surface area contributed by atoms with Crippen LogP contribution < -0.4 is 5.32 Å². The van der Waals surface area contributed by atoms with Crippen LogP contribution in [0.4, 0.5) is 0 Å². The van der Waals surface area contributed by atoms with Gasteiger partial charge in [0.2, 0.25) is 0 Å². The molecule has 0 saturated carbocycles. The van der Waals surface area contributed by atoms with Crippen LogP contribution in [-0.4, -0.2) is 63.2 Å². The van der Waals surface area contributed by atoms with Gasteiger partial charge in [0.15, 0.2) is 0 Å². The zero-order chi connectivity index (χ0) is 13.4. The van der Waals surface area contributed by atoms with E-state index in [2.05, 4.69) is 43.2 Å².